The maximum absolute atomic E-state index is 3.84. The van der Waals surface area contributed by atoms with Gasteiger partial charge in [0.1, 0.15) is 0 Å². The van der Waals surface area contributed by atoms with E-state index in [-0.39, 0.29) is 0 Å². The Kier molecular flexibility index (Phi) is 5.84. The SMILES string of the molecule is C=C(C=NC)/C(Br)=C\NCC. The average molecular weight is 217 g/mol. The van der Waals surface area contributed by atoms with Crippen LogP contribution in [0.3, 0.4) is 0 Å². The molecule has 0 aliphatic carbocycles. The lowest BCUT2D eigenvalue weighted by Gasteiger charge is -1.97. The average Bonchev–Trinajstić information content (AvgIpc) is 2.00. The molecule has 0 spiro atoms. The summed E-state index contributed by atoms with van der Waals surface area (Å²) in [6, 6.07) is 0. The van der Waals surface area contributed by atoms with Crippen LogP contribution < -0.4 is 5.32 Å². The molecular weight excluding hydrogens is 204 g/mol. The van der Waals surface area contributed by atoms with Gasteiger partial charge in [0, 0.05) is 36.1 Å². The van der Waals surface area contributed by atoms with Crippen LogP contribution in [0.2, 0.25) is 0 Å². The fourth-order valence-corrected chi connectivity index (χ4v) is 0.766. The van der Waals surface area contributed by atoms with Gasteiger partial charge >= 0.3 is 0 Å². The summed E-state index contributed by atoms with van der Waals surface area (Å²) < 4.78 is 0.935. The van der Waals surface area contributed by atoms with Crippen molar-refractivity contribution in [3.63, 3.8) is 0 Å². The summed E-state index contributed by atoms with van der Waals surface area (Å²) in [4.78, 5) is 3.84. The van der Waals surface area contributed by atoms with Gasteiger partial charge < -0.3 is 5.32 Å². The Balaban J connectivity index is 4.00. The number of nitrogens with one attached hydrogen (secondary N) is 1. The summed E-state index contributed by atoms with van der Waals surface area (Å²) in [5.74, 6) is 0. The number of allylic oxidation sites excluding steroid dienone is 2. The molecule has 0 atom stereocenters. The van der Waals surface area contributed by atoms with E-state index in [0.717, 1.165) is 16.6 Å². The third-order valence-corrected chi connectivity index (χ3v) is 1.76. The fourth-order valence-electron chi connectivity index (χ4n) is 0.502. The molecule has 1 N–H and O–H groups in total. The van der Waals surface area contributed by atoms with Crippen molar-refractivity contribution in [1.29, 1.82) is 0 Å². The molecule has 0 saturated heterocycles. The lowest BCUT2D eigenvalue weighted by atomic mass is 10.3. The molecule has 0 amide bonds. The van der Waals surface area contributed by atoms with E-state index >= 15 is 0 Å². The van der Waals surface area contributed by atoms with Crippen molar-refractivity contribution in [3.8, 4) is 0 Å². The highest BCUT2D eigenvalue weighted by molar-refractivity contribution is 9.12. The third-order valence-electron chi connectivity index (χ3n) is 1.02. The van der Waals surface area contributed by atoms with Gasteiger partial charge in [-0.1, -0.05) is 6.58 Å². The first kappa shape index (κ1) is 10.4. The summed E-state index contributed by atoms with van der Waals surface area (Å²) in [7, 11) is 1.72. The number of hydrogen-bond donors (Lipinski definition) is 1. The molecule has 0 unspecified atom stereocenters. The Hall–Kier alpha value is -0.570. The van der Waals surface area contributed by atoms with E-state index in [0.29, 0.717) is 0 Å². The number of aliphatic imine (C=N–C) groups is 1. The maximum atomic E-state index is 3.84. The van der Waals surface area contributed by atoms with E-state index in [1.54, 1.807) is 13.3 Å². The zero-order valence-electron chi connectivity index (χ0n) is 6.89. The van der Waals surface area contributed by atoms with Crippen LogP contribution in [0.25, 0.3) is 0 Å². The van der Waals surface area contributed by atoms with Gasteiger partial charge in [-0.15, -0.1) is 0 Å². The standard InChI is InChI=1S/C8H13BrN2/c1-4-11-6-8(9)7(2)5-10-3/h5-6,11H,2,4H2,1,3H3/b8-6+,10-5?. The molecule has 3 heteroatoms. The summed E-state index contributed by atoms with van der Waals surface area (Å²) in [5.41, 5.74) is 0.869. The van der Waals surface area contributed by atoms with Crippen molar-refractivity contribution in [3.05, 3.63) is 22.8 Å². The molecule has 0 aromatic heterocycles. The first-order valence-electron chi connectivity index (χ1n) is 3.42. The second kappa shape index (κ2) is 6.16. The summed E-state index contributed by atoms with van der Waals surface area (Å²) >= 11 is 3.35. The number of rotatable bonds is 4. The summed E-state index contributed by atoms with van der Waals surface area (Å²) in [6.45, 7) is 6.74. The normalized spacial score (nSPS) is 12.1. The van der Waals surface area contributed by atoms with Crippen LogP contribution in [0, 0.1) is 0 Å². The first-order valence-corrected chi connectivity index (χ1v) is 4.22. The van der Waals surface area contributed by atoms with Crippen molar-refractivity contribution < 1.29 is 0 Å². The number of nitrogens with zero attached hydrogens (tertiary/aromatic N) is 1. The van der Waals surface area contributed by atoms with Gasteiger partial charge in [0.2, 0.25) is 0 Å². The van der Waals surface area contributed by atoms with Crippen LogP contribution in [0.5, 0.6) is 0 Å². The number of hydrogen-bond acceptors (Lipinski definition) is 2. The largest absolute Gasteiger partial charge is 0.390 e. The summed E-state index contributed by atoms with van der Waals surface area (Å²) in [5, 5.41) is 3.06. The molecule has 0 aliphatic heterocycles. The van der Waals surface area contributed by atoms with Gasteiger partial charge in [-0.2, -0.15) is 0 Å². The van der Waals surface area contributed by atoms with Crippen molar-refractivity contribution in [2.75, 3.05) is 13.6 Å². The minimum Gasteiger partial charge on any atom is -0.390 e. The second-order valence-corrected chi connectivity index (χ2v) is 2.82. The smallest absolute Gasteiger partial charge is 0.0413 e. The number of halogens is 1. The third kappa shape index (κ3) is 4.79. The van der Waals surface area contributed by atoms with Gasteiger partial charge in [-0.3, -0.25) is 4.99 Å². The first-order chi connectivity index (χ1) is 5.22. The van der Waals surface area contributed by atoms with Crippen molar-refractivity contribution >= 4 is 22.1 Å². The zero-order valence-corrected chi connectivity index (χ0v) is 8.48. The zero-order chi connectivity index (χ0) is 8.69. The van der Waals surface area contributed by atoms with E-state index in [4.69, 9.17) is 0 Å². The molecule has 0 rings (SSSR count). The monoisotopic (exact) mass is 216 g/mol. The molecule has 2 nitrogen and oxygen atoms in total. The predicted octanol–water partition coefficient (Wildman–Crippen LogP) is 2.09. The minimum atomic E-state index is 0.869. The van der Waals surface area contributed by atoms with Crippen molar-refractivity contribution in [2.24, 2.45) is 4.99 Å². The second-order valence-electron chi connectivity index (χ2n) is 1.96. The Morgan fingerprint density at radius 2 is 2.36 bits per heavy atom. The van der Waals surface area contributed by atoms with Crippen LogP contribution >= 0.6 is 15.9 Å². The Morgan fingerprint density at radius 1 is 1.73 bits per heavy atom. The Labute approximate surface area is 76.2 Å². The van der Waals surface area contributed by atoms with Gasteiger partial charge in [0.05, 0.1) is 0 Å². The molecule has 0 aliphatic rings. The van der Waals surface area contributed by atoms with Crippen molar-refractivity contribution in [2.45, 2.75) is 6.92 Å². The predicted molar refractivity (Wildman–Crippen MR) is 54.2 cm³/mol. The minimum absolute atomic E-state index is 0.869. The van der Waals surface area contributed by atoms with Crippen LogP contribution in [-0.4, -0.2) is 19.8 Å². The molecule has 0 saturated carbocycles. The molecule has 11 heavy (non-hydrogen) atoms. The Bertz CT molecular complexity index is 183. The lowest BCUT2D eigenvalue weighted by Crippen LogP contribution is -2.03. The van der Waals surface area contributed by atoms with E-state index in [2.05, 4.69) is 32.8 Å². The molecular formula is C8H13BrN2. The lowest BCUT2D eigenvalue weighted by molar-refractivity contribution is 0.918. The molecule has 0 radical (unpaired) electrons. The molecule has 0 aromatic rings. The Morgan fingerprint density at radius 3 is 2.82 bits per heavy atom. The van der Waals surface area contributed by atoms with Crippen LogP contribution in [0.15, 0.2) is 27.8 Å². The van der Waals surface area contributed by atoms with Crippen molar-refractivity contribution in [1.82, 2.24) is 5.32 Å². The molecule has 0 bridgehead atoms. The van der Waals surface area contributed by atoms with E-state index in [1.807, 2.05) is 13.1 Å². The summed E-state index contributed by atoms with van der Waals surface area (Å²) in [6.07, 6.45) is 3.57. The fraction of sp³-hybridized carbons (Fsp3) is 0.375. The van der Waals surface area contributed by atoms with E-state index in [9.17, 15) is 0 Å². The van der Waals surface area contributed by atoms with Gasteiger partial charge in [-0.05, 0) is 22.9 Å². The topological polar surface area (TPSA) is 24.4 Å². The molecule has 0 aromatic carbocycles. The quantitative estimate of drug-likeness (QED) is 0.565. The van der Waals surface area contributed by atoms with E-state index in [1.165, 1.54) is 0 Å². The molecule has 62 valence electrons. The van der Waals surface area contributed by atoms with Gasteiger partial charge in [0.25, 0.3) is 0 Å². The van der Waals surface area contributed by atoms with Crippen LogP contribution in [0.4, 0.5) is 0 Å². The van der Waals surface area contributed by atoms with E-state index < -0.39 is 0 Å². The van der Waals surface area contributed by atoms with Gasteiger partial charge in [0.15, 0.2) is 0 Å². The molecule has 0 fully saturated rings. The maximum Gasteiger partial charge on any atom is 0.0413 e. The highest BCUT2D eigenvalue weighted by Crippen LogP contribution is 2.11. The highest BCUT2D eigenvalue weighted by Gasteiger charge is 1.92. The van der Waals surface area contributed by atoms with Crippen LogP contribution in [0.1, 0.15) is 6.92 Å². The van der Waals surface area contributed by atoms with Crippen LogP contribution in [-0.2, 0) is 0 Å². The molecule has 0 heterocycles. The van der Waals surface area contributed by atoms with Gasteiger partial charge in [-0.25, -0.2) is 0 Å². The highest BCUT2D eigenvalue weighted by atomic mass is 79.9.